The Labute approximate surface area is 83.7 Å². The summed E-state index contributed by atoms with van der Waals surface area (Å²) in [6.07, 6.45) is 7.01. The van der Waals surface area contributed by atoms with Crippen LogP contribution in [-0.4, -0.2) is 26.5 Å². The highest BCUT2D eigenvalue weighted by Crippen LogP contribution is 2.34. The normalized spacial score (nSPS) is 31.5. The third kappa shape index (κ3) is 1.96. The van der Waals surface area contributed by atoms with E-state index in [1.54, 1.807) is 4.68 Å². The molecule has 4 heteroatoms. The highest BCUT2D eigenvalue weighted by atomic mass is 16.3. The Bertz CT molecular complexity index is 315. The molecular formula is C10H17N3O. The summed E-state index contributed by atoms with van der Waals surface area (Å²) in [4.78, 5) is 0. The second-order valence-electron chi connectivity index (χ2n) is 4.41. The zero-order chi connectivity index (χ0) is 10.2. The zero-order valence-electron chi connectivity index (χ0n) is 8.48. The van der Waals surface area contributed by atoms with E-state index in [1.165, 1.54) is 5.56 Å². The lowest BCUT2D eigenvalue weighted by atomic mass is 9.73. The van der Waals surface area contributed by atoms with Gasteiger partial charge in [-0.25, -0.2) is 0 Å². The Hall–Kier alpha value is -0.870. The summed E-state index contributed by atoms with van der Waals surface area (Å²) < 4.78 is 1.78. The molecule has 1 heterocycles. The predicted molar refractivity (Wildman–Crippen MR) is 53.7 cm³/mol. The zero-order valence-corrected chi connectivity index (χ0v) is 8.48. The molecule has 0 bridgehead atoms. The fraction of sp³-hybridized carbons (Fsp3) is 0.700. The molecule has 4 nitrogen and oxygen atoms in total. The van der Waals surface area contributed by atoms with Crippen LogP contribution < -0.4 is 5.73 Å². The Kier molecular flexibility index (Phi) is 2.33. The van der Waals surface area contributed by atoms with Gasteiger partial charge in [0.2, 0.25) is 0 Å². The van der Waals surface area contributed by atoms with E-state index in [1.807, 2.05) is 19.4 Å². The number of aromatic nitrogens is 2. The summed E-state index contributed by atoms with van der Waals surface area (Å²) in [6, 6.07) is 0.203. The van der Waals surface area contributed by atoms with Crippen molar-refractivity contribution in [2.24, 2.45) is 12.8 Å². The SMILES string of the molecule is Cn1cc(CCC2(O)CC(N)C2)cn1. The lowest BCUT2D eigenvalue weighted by Gasteiger charge is -2.41. The number of hydrogen-bond donors (Lipinski definition) is 2. The van der Waals surface area contributed by atoms with Gasteiger partial charge in [-0.05, 0) is 31.2 Å². The standard InChI is InChI=1S/C10H17N3O/c1-13-7-8(6-12-13)2-3-10(14)4-9(11)5-10/h6-7,9,14H,2-5,11H2,1H3. The number of rotatable bonds is 3. The molecule has 14 heavy (non-hydrogen) atoms. The molecule has 1 aromatic rings. The number of hydrogen-bond acceptors (Lipinski definition) is 3. The maximum Gasteiger partial charge on any atom is 0.0680 e. The van der Waals surface area contributed by atoms with Crippen LogP contribution in [0.15, 0.2) is 12.4 Å². The molecule has 1 aromatic heterocycles. The molecule has 0 saturated heterocycles. The Balaban J connectivity index is 1.83. The third-order valence-electron chi connectivity index (χ3n) is 2.92. The minimum absolute atomic E-state index is 0.203. The minimum Gasteiger partial charge on any atom is -0.390 e. The number of nitrogens with zero attached hydrogens (tertiary/aromatic N) is 2. The van der Waals surface area contributed by atoms with E-state index in [0.717, 1.165) is 25.7 Å². The van der Waals surface area contributed by atoms with E-state index < -0.39 is 5.60 Å². The molecular weight excluding hydrogens is 178 g/mol. The predicted octanol–water partition coefficient (Wildman–Crippen LogP) is 0.205. The highest BCUT2D eigenvalue weighted by molar-refractivity contribution is 5.07. The van der Waals surface area contributed by atoms with Crippen molar-refractivity contribution in [3.05, 3.63) is 18.0 Å². The van der Waals surface area contributed by atoms with Crippen molar-refractivity contribution in [1.82, 2.24) is 9.78 Å². The van der Waals surface area contributed by atoms with Gasteiger partial charge in [-0.3, -0.25) is 4.68 Å². The van der Waals surface area contributed by atoms with Gasteiger partial charge in [0.15, 0.2) is 0 Å². The van der Waals surface area contributed by atoms with Gasteiger partial charge in [0.1, 0.15) is 0 Å². The van der Waals surface area contributed by atoms with Crippen molar-refractivity contribution >= 4 is 0 Å². The number of nitrogens with two attached hydrogens (primary N) is 1. The Morgan fingerprint density at radius 2 is 2.43 bits per heavy atom. The lowest BCUT2D eigenvalue weighted by Crippen LogP contribution is -2.51. The van der Waals surface area contributed by atoms with Crippen LogP contribution >= 0.6 is 0 Å². The maximum absolute atomic E-state index is 9.94. The molecule has 0 aromatic carbocycles. The van der Waals surface area contributed by atoms with Crippen molar-refractivity contribution in [2.75, 3.05) is 0 Å². The summed E-state index contributed by atoms with van der Waals surface area (Å²) in [5.41, 5.74) is 6.33. The van der Waals surface area contributed by atoms with Gasteiger partial charge in [-0.2, -0.15) is 5.10 Å². The molecule has 2 rings (SSSR count). The van der Waals surface area contributed by atoms with Gasteiger partial charge >= 0.3 is 0 Å². The summed E-state index contributed by atoms with van der Waals surface area (Å²) in [5.74, 6) is 0. The van der Waals surface area contributed by atoms with Crippen LogP contribution in [0.1, 0.15) is 24.8 Å². The van der Waals surface area contributed by atoms with Crippen LogP contribution in [0.3, 0.4) is 0 Å². The van der Waals surface area contributed by atoms with Crippen molar-refractivity contribution in [3.8, 4) is 0 Å². The van der Waals surface area contributed by atoms with E-state index >= 15 is 0 Å². The van der Waals surface area contributed by atoms with Gasteiger partial charge in [0.05, 0.1) is 11.8 Å². The van der Waals surface area contributed by atoms with Crippen molar-refractivity contribution in [3.63, 3.8) is 0 Å². The molecule has 1 aliphatic carbocycles. The topological polar surface area (TPSA) is 64.1 Å². The molecule has 1 fully saturated rings. The molecule has 0 atom stereocenters. The maximum atomic E-state index is 9.94. The number of aliphatic hydroxyl groups is 1. The average molecular weight is 195 g/mol. The summed E-state index contributed by atoms with van der Waals surface area (Å²) in [5, 5.41) is 14.0. The second-order valence-corrected chi connectivity index (χ2v) is 4.41. The van der Waals surface area contributed by atoms with E-state index in [4.69, 9.17) is 5.73 Å². The molecule has 78 valence electrons. The van der Waals surface area contributed by atoms with Crippen LogP contribution in [0.25, 0.3) is 0 Å². The second kappa shape index (κ2) is 3.37. The quantitative estimate of drug-likeness (QED) is 0.724. The Morgan fingerprint density at radius 3 is 2.93 bits per heavy atom. The molecule has 0 radical (unpaired) electrons. The fourth-order valence-electron chi connectivity index (χ4n) is 2.10. The molecule has 3 N–H and O–H groups in total. The third-order valence-corrected chi connectivity index (χ3v) is 2.92. The van der Waals surface area contributed by atoms with Crippen LogP contribution in [0.4, 0.5) is 0 Å². The van der Waals surface area contributed by atoms with E-state index in [-0.39, 0.29) is 6.04 Å². The fourth-order valence-corrected chi connectivity index (χ4v) is 2.10. The largest absolute Gasteiger partial charge is 0.390 e. The van der Waals surface area contributed by atoms with E-state index in [2.05, 4.69) is 5.10 Å². The lowest BCUT2D eigenvalue weighted by molar-refractivity contribution is -0.0526. The van der Waals surface area contributed by atoms with Gasteiger partial charge in [-0.15, -0.1) is 0 Å². The first-order valence-corrected chi connectivity index (χ1v) is 5.03. The summed E-state index contributed by atoms with van der Waals surface area (Å²) in [7, 11) is 1.90. The van der Waals surface area contributed by atoms with Crippen LogP contribution in [0, 0.1) is 0 Å². The molecule has 0 aliphatic heterocycles. The molecule has 1 aliphatic rings. The molecule has 1 saturated carbocycles. The van der Waals surface area contributed by atoms with Gasteiger partial charge in [0.25, 0.3) is 0 Å². The van der Waals surface area contributed by atoms with Gasteiger partial charge in [0, 0.05) is 19.3 Å². The first-order valence-electron chi connectivity index (χ1n) is 5.03. The minimum atomic E-state index is -0.505. The average Bonchev–Trinajstić information content (AvgIpc) is 2.46. The number of aryl methyl sites for hydroxylation is 2. The van der Waals surface area contributed by atoms with Gasteiger partial charge in [-0.1, -0.05) is 0 Å². The summed E-state index contributed by atoms with van der Waals surface area (Å²) >= 11 is 0. The van der Waals surface area contributed by atoms with Crippen molar-refractivity contribution < 1.29 is 5.11 Å². The van der Waals surface area contributed by atoms with Crippen molar-refractivity contribution in [1.29, 1.82) is 0 Å². The first-order chi connectivity index (χ1) is 6.57. The molecule has 0 amide bonds. The first kappa shape index (κ1) is 9.68. The molecule has 0 spiro atoms. The smallest absolute Gasteiger partial charge is 0.0680 e. The Morgan fingerprint density at radius 1 is 1.71 bits per heavy atom. The molecule has 0 unspecified atom stereocenters. The van der Waals surface area contributed by atoms with E-state index in [9.17, 15) is 5.11 Å². The van der Waals surface area contributed by atoms with Crippen LogP contribution in [-0.2, 0) is 13.5 Å². The highest BCUT2D eigenvalue weighted by Gasteiger charge is 2.39. The van der Waals surface area contributed by atoms with Crippen LogP contribution in [0.5, 0.6) is 0 Å². The van der Waals surface area contributed by atoms with Crippen molar-refractivity contribution in [2.45, 2.75) is 37.3 Å². The monoisotopic (exact) mass is 195 g/mol. The van der Waals surface area contributed by atoms with Crippen LogP contribution in [0.2, 0.25) is 0 Å². The van der Waals surface area contributed by atoms with Gasteiger partial charge < -0.3 is 10.8 Å². The van der Waals surface area contributed by atoms with E-state index in [0.29, 0.717) is 0 Å². The summed E-state index contributed by atoms with van der Waals surface area (Å²) in [6.45, 7) is 0.